The number of hydrogen-bond acceptors (Lipinski definition) is 7. The van der Waals surface area contributed by atoms with Crippen LogP contribution < -0.4 is 20.7 Å². The third kappa shape index (κ3) is 6.93. The molecule has 0 saturated heterocycles. The number of halogens is 1. The third-order valence-electron chi connectivity index (χ3n) is 5.06. The van der Waals surface area contributed by atoms with Gasteiger partial charge in [0.05, 0.1) is 5.02 Å². The second-order valence-corrected chi connectivity index (χ2v) is 11.2. The smallest absolute Gasteiger partial charge is 0.407 e. The van der Waals surface area contributed by atoms with Gasteiger partial charge >= 0.3 is 6.09 Å². The number of guanidine groups is 1. The molecule has 3 aromatic carbocycles. The van der Waals surface area contributed by atoms with E-state index in [2.05, 4.69) is 20.3 Å². The van der Waals surface area contributed by atoms with Gasteiger partial charge in [-0.2, -0.15) is 8.42 Å². The fourth-order valence-corrected chi connectivity index (χ4v) is 4.77. The maximum absolute atomic E-state index is 12.9. The van der Waals surface area contributed by atoms with Crippen molar-refractivity contribution in [1.29, 1.82) is 0 Å². The van der Waals surface area contributed by atoms with E-state index in [-0.39, 0.29) is 29.6 Å². The molecule has 0 bridgehead atoms. The average Bonchev–Trinajstić information content (AvgIpc) is 2.82. The zero-order chi connectivity index (χ0) is 26.6. The minimum atomic E-state index is -3.97. The number of fused-ring (bicyclic) bond motifs is 1. The first-order valence-corrected chi connectivity index (χ1v) is 13.3. The first-order chi connectivity index (χ1) is 17.5. The van der Waals surface area contributed by atoms with Crippen LogP contribution in [0.5, 0.6) is 11.5 Å². The lowest BCUT2D eigenvalue weighted by atomic mass is 10.1. The van der Waals surface area contributed by atoms with Crippen LogP contribution in [-0.4, -0.2) is 26.1 Å². The highest BCUT2D eigenvalue weighted by Crippen LogP contribution is 2.39. The van der Waals surface area contributed by atoms with Gasteiger partial charge in [0.15, 0.2) is 5.75 Å². The summed E-state index contributed by atoms with van der Waals surface area (Å²) in [4.78, 5) is 11.9. The topological polar surface area (TPSA) is 118 Å². The van der Waals surface area contributed by atoms with Gasteiger partial charge in [0.25, 0.3) is 10.0 Å². The number of nitrogens with zero attached hydrogens (tertiary/aromatic N) is 1. The van der Waals surface area contributed by atoms with Crippen LogP contribution in [0, 0.1) is 0 Å². The van der Waals surface area contributed by atoms with Crippen LogP contribution >= 0.6 is 11.6 Å². The van der Waals surface area contributed by atoms with E-state index in [0.717, 1.165) is 11.1 Å². The molecule has 0 aromatic heterocycles. The first-order valence-electron chi connectivity index (χ1n) is 11.5. The highest BCUT2D eigenvalue weighted by molar-refractivity contribution is 7.90. The van der Waals surface area contributed by atoms with Crippen molar-refractivity contribution in [2.24, 2.45) is 4.40 Å². The lowest BCUT2D eigenvalue weighted by Crippen LogP contribution is -2.34. The molecular formula is C26H27ClN4O5S. The molecule has 1 amide bonds. The number of alkyl carbamates (subject to hydrolysis) is 1. The van der Waals surface area contributed by atoms with Crippen LogP contribution in [0.2, 0.25) is 5.02 Å². The van der Waals surface area contributed by atoms with E-state index in [1.54, 1.807) is 57.2 Å². The normalized spacial score (nSPS) is 14.0. The maximum Gasteiger partial charge on any atom is 0.407 e. The Bertz CT molecular complexity index is 1450. The first kappa shape index (κ1) is 26.3. The van der Waals surface area contributed by atoms with Crippen LogP contribution in [0.25, 0.3) is 0 Å². The molecule has 0 fully saturated rings. The number of sulfonamides is 1. The molecule has 1 aliphatic heterocycles. The fraction of sp³-hybridized carbons (Fsp3) is 0.231. The lowest BCUT2D eigenvalue weighted by Gasteiger charge is -2.22. The second kappa shape index (κ2) is 10.7. The monoisotopic (exact) mass is 542 g/mol. The van der Waals surface area contributed by atoms with Gasteiger partial charge < -0.3 is 25.4 Å². The Morgan fingerprint density at radius 1 is 0.973 bits per heavy atom. The number of ether oxygens (including phenoxy) is 2. The zero-order valence-electron chi connectivity index (χ0n) is 20.5. The molecule has 9 nitrogen and oxygen atoms in total. The quantitative estimate of drug-likeness (QED) is 0.381. The molecule has 11 heteroatoms. The second-order valence-electron chi connectivity index (χ2n) is 9.23. The van der Waals surface area contributed by atoms with Gasteiger partial charge in [-0.1, -0.05) is 54.1 Å². The summed E-state index contributed by atoms with van der Waals surface area (Å²) < 4.78 is 40.8. The number of carbonyl (C=O) groups is 1. The summed E-state index contributed by atoms with van der Waals surface area (Å²) in [6.07, 6.45) is -0.504. The largest absolute Gasteiger partial charge is 0.454 e. The Hall–Kier alpha value is -3.76. The standard InChI is InChI=1S/C26H27ClN4O5S/c1-26(2,3)36-25(32)29-16-18-9-6-8-17(14-18)15-28-24-30-23-21(35-20-11-5-4-10-19(20)27)12-7-13-22(23)37(33,34)31-24/h4-14H,15-16H2,1-3H3,(H,29,32)(H2,28,30,31). The summed E-state index contributed by atoms with van der Waals surface area (Å²) in [6, 6.07) is 19.1. The van der Waals surface area contributed by atoms with Crippen molar-refractivity contribution in [3.05, 3.63) is 82.9 Å². The van der Waals surface area contributed by atoms with Crippen LogP contribution in [-0.2, 0) is 27.8 Å². The van der Waals surface area contributed by atoms with Crippen molar-refractivity contribution in [2.75, 3.05) is 5.32 Å². The molecule has 0 saturated carbocycles. The Balaban J connectivity index is 1.45. The molecule has 0 spiro atoms. The van der Waals surface area contributed by atoms with E-state index < -0.39 is 21.7 Å². The molecule has 0 aliphatic carbocycles. The van der Waals surface area contributed by atoms with Crippen molar-refractivity contribution in [3.8, 4) is 11.5 Å². The Kier molecular flexibility index (Phi) is 7.60. The van der Waals surface area contributed by atoms with E-state index in [9.17, 15) is 13.2 Å². The van der Waals surface area contributed by atoms with Crippen molar-refractivity contribution in [2.45, 2.75) is 44.4 Å². The molecule has 0 atom stereocenters. The SMILES string of the molecule is CC(C)(C)OC(=O)NCc1cccc(CNC2=NS(=O)(=O)c3cccc(Oc4ccccc4Cl)c3N2)c1. The summed E-state index contributed by atoms with van der Waals surface area (Å²) in [7, 11) is -3.97. The summed E-state index contributed by atoms with van der Waals surface area (Å²) in [5, 5.41) is 9.17. The number of rotatable bonds is 6. The van der Waals surface area contributed by atoms with E-state index in [1.165, 1.54) is 6.07 Å². The summed E-state index contributed by atoms with van der Waals surface area (Å²) >= 11 is 6.21. The number of carbonyl (C=O) groups excluding carboxylic acids is 1. The molecule has 1 heterocycles. The van der Waals surface area contributed by atoms with E-state index in [1.807, 2.05) is 24.3 Å². The van der Waals surface area contributed by atoms with Gasteiger partial charge in [0, 0.05) is 13.1 Å². The number of anilines is 1. The van der Waals surface area contributed by atoms with Crippen molar-refractivity contribution in [1.82, 2.24) is 10.6 Å². The van der Waals surface area contributed by atoms with Crippen LogP contribution in [0.15, 0.2) is 76.0 Å². The van der Waals surface area contributed by atoms with E-state index in [4.69, 9.17) is 21.1 Å². The Labute approximate surface area is 220 Å². The molecule has 4 rings (SSSR count). The van der Waals surface area contributed by atoms with Gasteiger partial charge in [-0.25, -0.2) is 4.79 Å². The summed E-state index contributed by atoms with van der Waals surface area (Å²) in [6.45, 7) is 5.96. The summed E-state index contributed by atoms with van der Waals surface area (Å²) in [5.74, 6) is 0.740. The molecule has 0 radical (unpaired) electrons. The Morgan fingerprint density at radius 2 is 1.65 bits per heavy atom. The zero-order valence-corrected chi connectivity index (χ0v) is 22.1. The van der Waals surface area contributed by atoms with Crippen LogP contribution in [0.4, 0.5) is 10.5 Å². The van der Waals surface area contributed by atoms with Gasteiger partial charge in [-0.3, -0.25) is 0 Å². The van der Waals surface area contributed by atoms with Gasteiger partial charge in [0.2, 0.25) is 5.96 Å². The number of hydrogen-bond donors (Lipinski definition) is 3. The molecule has 0 unspecified atom stereocenters. The predicted octanol–water partition coefficient (Wildman–Crippen LogP) is 5.42. The van der Waals surface area contributed by atoms with Crippen molar-refractivity contribution < 1.29 is 22.7 Å². The minimum absolute atomic E-state index is 0.00202. The fourth-order valence-electron chi connectivity index (χ4n) is 3.49. The van der Waals surface area contributed by atoms with Gasteiger partial charge in [-0.05, 0) is 56.2 Å². The molecule has 194 valence electrons. The predicted molar refractivity (Wildman–Crippen MR) is 143 cm³/mol. The van der Waals surface area contributed by atoms with Crippen molar-refractivity contribution >= 4 is 39.4 Å². The van der Waals surface area contributed by atoms with Crippen LogP contribution in [0.1, 0.15) is 31.9 Å². The number of benzene rings is 3. The number of para-hydroxylation sites is 2. The minimum Gasteiger partial charge on any atom is -0.454 e. The van der Waals surface area contributed by atoms with Crippen LogP contribution in [0.3, 0.4) is 0 Å². The molecule has 37 heavy (non-hydrogen) atoms. The third-order valence-corrected chi connectivity index (χ3v) is 6.70. The Morgan fingerprint density at radius 3 is 2.38 bits per heavy atom. The lowest BCUT2D eigenvalue weighted by molar-refractivity contribution is 0.0523. The molecular weight excluding hydrogens is 516 g/mol. The molecule has 3 N–H and O–H groups in total. The summed E-state index contributed by atoms with van der Waals surface area (Å²) in [5.41, 5.74) is 1.39. The van der Waals surface area contributed by atoms with E-state index in [0.29, 0.717) is 16.5 Å². The average molecular weight is 543 g/mol. The highest BCUT2D eigenvalue weighted by atomic mass is 35.5. The van der Waals surface area contributed by atoms with Crippen molar-refractivity contribution in [3.63, 3.8) is 0 Å². The highest BCUT2D eigenvalue weighted by Gasteiger charge is 2.28. The van der Waals surface area contributed by atoms with E-state index >= 15 is 0 Å². The number of amides is 1. The number of nitrogens with one attached hydrogen (secondary N) is 3. The molecule has 3 aromatic rings. The van der Waals surface area contributed by atoms with Gasteiger partial charge in [-0.15, -0.1) is 4.40 Å². The molecule has 1 aliphatic rings. The van der Waals surface area contributed by atoms with Gasteiger partial charge in [0.1, 0.15) is 21.9 Å². The maximum atomic E-state index is 12.9.